The van der Waals surface area contributed by atoms with E-state index in [9.17, 15) is 0 Å². The van der Waals surface area contributed by atoms with Crippen molar-refractivity contribution in [3.05, 3.63) is 60.2 Å². The first-order valence-corrected chi connectivity index (χ1v) is 9.97. The van der Waals surface area contributed by atoms with E-state index in [1.165, 1.54) is 30.1 Å². The smallest absolute Gasteiger partial charge is 0.0991 e. The lowest BCUT2D eigenvalue weighted by molar-refractivity contribution is 0.224. The van der Waals surface area contributed by atoms with Crippen molar-refractivity contribution in [2.75, 3.05) is 13.1 Å². The molecule has 1 unspecified atom stereocenters. The lowest BCUT2D eigenvalue weighted by atomic mass is 10.0. The molecule has 1 aliphatic rings. The monoisotopic (exact) mass is 340 g/mol. The van der Waals surface area contributed by atoms with Gasteiger partial charge in [-0.15, -0.1) is 5.11 Å². The van der Waals surface area contributed by atoms with Crippen LogP contribution in [0.4, 0.5) is 5.69 Å². The van der Waals surface area contributed by atoms with Gasteiger partial charge < -0.3 is 0 Å². The lowest BCUT2D eigenvalue weighted by Gasteiger charge is -2.21. The average Bonchev–Trinajstić information content (AvgIpc) is 2.62. The van der Waals surface area contributed by atoms with E-state index < -0.39 is 0 Å². The Hall–Kier alpha value is -1.73. The van der Waals surface area contributed by atoms with E-state index >= 15 is 0 Å². The van der Waals surface area contributed by atoms with Gasteiger partial charge in [-0.1, -0.05) is 35.6 Å². The van der Waals surface area contributed by atoms with Crippen LogP contribution in [-0.4, -0.2) is 18.1 Å². The summed E-state index contributed by atoms with van der Waals surface area (Å²) in [4.78, 5) is 0. The minimum atomic E-state index is 0.158. The highest BCUT2D eigenvalue weighted by molar-refractivity contribution is 7.48. The standard InChI is InChI=1S/C20H26N3P/c1-20(2,17-9-5-3-6-10-17)24-19-13-11-18(12-14-19)21-22-23-15-7-4-8-16-23/h3,5-6,9-14,24H,4,7-8,15-16H2,1-2H3/p+1. The van der Waals surface area contributed by atoms with Crippen molar-refractivity contribution >= 4 is 19.6 Å². The molecule has 4 heteroatoms. The largest absolute Gasteiger partial charge is 0.278 e. The van der Waals surface area contributed by atoms with Gasteiger partial charge in [0.05, 0.1) is 16.1 Å². The molecule has 1 atom stereocenters. The fourth-order valence-electron chi connectivity index (χ4n) is 3.09. The molecule has 0 bridgehead atoms. The van der Waals surface area contributed by atoms with Crippen molar-refractivity contribution in [1.82, 2.24) is 5.01 Å². The molecule has 0 spiro atoms. The second-order valence-electron chi connectivity index (χ2n) is 7.03. The van der Waals surface area contributed by atoms with E-state index in [2.05, 4.69) is 83.8 Å². The molecular weight excluding hydrogens is 313 g/mol. The molecule has 1 fully saturated rings. The molecule has 1 aliphatic heterocycles. The van der Waals surface area contributed by atoms with Crippen molar-refractivity contribution in [3.8, 4) is 0 Å². The van der Waals surface area contributed by atoms with Crippen molar-refractivity contribution in [1.29, 1.82) is 0 Å². The zero-order valence-corrected chi connectivity index (χ0v) is 15.8. The van der Waals surface area contributed by atoms with Gasteiger partial charge in [0.15, 0.2) is 0 Å². The Balaban J connectivity index is 1.63. The molecule has 0 radical (unpaired) electrons. The first-order chi connectivity index (χ1) is 11.6. The van der Waals surface area contributed by atoms with Gasteiger partial charge in [0.1, 0.15) is 0 Å². The van der Waals surface area contributed by atoms with Crippen LogP contribution in [0.3, 0.4) is 0 Å². The molecular formula is C20H27N3P+. The Kier molecular flexibility index (Phi) is 5.63. The number of piperidine rings is 1. The molecule has 0 N–H and O–H groups in total. The van der Waals surface area contributed by atoms with Crippen molar-refractivity contribution in [2.24, 2.45) is 10.3 Å². The number of benzene rings is 2. The highest BCUT2D eigenvalue weighted by Gasteiger charge is 2.27. The van der Waals surface area contributed by atoms with E-state index in [1.54, 1.807) is 0 Å². The molecule has 3 nitrogen and oxygen atoms in total. The molecule has 2 aromatic rings. The Morgan fingerprint density at radius 1 is 0.875 bits per heavy atom. The van der Waals surface area contributed by atoms with Crippen LogP contribution in [0.15, 0.2) is 64.9 Å². The third-order valence-electron chi connectivity index (χ3n) is 4.56. The SMILES string of the molecule is CC(C)([PH2+]c1ccc(N=NN2CCCCC2)cc1)c1ccccc1. The topological polar surface area (TPSA) is 28.0 Å². The van der Waals surface area contributed by atoms with Crippen molar-refractivity contribution < 1.29 is 0 Å². The fraction of sp³-hybridized carbons (Fsp3) is 0.400. The van der Waals surface area contributed by atoms with Crippen LogP contribution < -0.4 is 5.30 Å². The number of hydrogen-bond acceptors (Lipinski definition) is 2. The molecule has 3 rings (SSSR count). The van der Waals surface area contributed by atoms with Gasteiger partial charge in [0.2, 0.25) is 0 Å². The predicted molar refractivity (Wildman–Crippen MR) is 105 cm³/mol. The number of rotatable bonds is 5. The Bertz CT molecular complexity index is 659. The normalized spacial score (nSPS) is 16.3. The van der Waals surface area contributed by atoms with Crippen molar-refractivity contribution in [2.45, 2.75) is 38.3 Å². The molecule has 0 aromatic heterocycles. The van der Waals surface area contributed by atoms with Gasteiger partial charge >= 0.3 is 0 Å². The summed E-state index contributed by atoms with van der Waals surface area (Å²) in [5.74, 6) is 0. The minimum Gasteiger partial charge on any atom is -0.278 e. The summed E-state index contributed by atoms with van der Waals surface area (Å²) in [7, 11) is 0.158. The summed E-state index contributed by atoms with van der Waals surface area (Å²) in [6.45, 7) is 6.75. The lowest BCUT2D eigenvalue weighted by Crippen LogP contribution is -2.23. The maximum Gasteiger partial charge on any atom is 0.0991 e. The third-order valence-corrected chi connectivity index (χ3v) is 6.33. The molecule has 1 saturated heterocycles. The molecule has 24 heavy (non-hydrogen) atoms. The van der Waals surface area contributed by atoms with Gasteiger partial charge in [-0.05, 0) is 62.9 Å². The van der Waals surface area contributed by atoms with Gasteiger partial charge in [-0.2, -0.15) is 0 Å². The zero-order chi connectivity index (χ0) is 16.8. The average molecular weight is 340 g/mol. The van der Waals surface area contributed by atoms with E-state index in [0.717, 1.165) is 18.8 Å². The highest BCUT2D eigenvalue weighted by Crippen LogP contribution is 2.40. The van der Waals surface area contributed by atoms with Crippen LogP contribution in [0.25, 0.3) is 0 Å². The predicted octanol–water partition coefficient (Wildman–Crippen LogP) is 5.14. The van der Waals surface area contributed by atoms with Crippen LogP contribution in [-0.2, 0) is 5.16 Å². The highest BCUT2D eigenvalue weighted by atomic mass is 31.1. The second-order valence-corrected chi connectivity index (χ2v) is 9.43. The first kappa shape index (κ1) is 17.1. The Labute approximate surface area is 146 Å². The van der Waals surface area contributed by atoms with E-state index in [4.69, 9.17) is 0 Å². The van der Waals surface area contributed by atoms with Gasteiger partial charge in [0.25, 0.3) is 0 Å². The van der Waals surface area contributed by atoms with E-state index in [-0.39, 0.29) is 13.7 Å². The molecule has 0 amide bonds. The van der Waals surface area contributed by atoms with Crippen molar-refractivity contribution in [3.63, 3.8) is 0 Å². The van der Waals surface area contributed by atoms with Gasteiger partial charge in [0, 0.05) is 21.7 Å². The number of nitrogens with zero attached hydrogens (tertiary/aromatic N) is 3. The summed E-state index contributed by atoms with van der Waals surface area (Å²) in [5, 5.41) is 12.5. The van der Waals surface area contributed by atoms with Crippen LogP contribution >= 0.6 is 8.58 Å². The molecule has 0 aliphatic carbocycles. The van der Waals surface area contributed by atoms with Gasteiger partial charge in [-0.25, -0.2) is 0 Å². The van der Waals surface area contributed by atoms with Crippen LogP contribution in [0.5, 0.6) is 0 Å². The Morgan fingerprint density at radius 3 is 2.21 bits per heavy atom. The molecule has 126 valence electrons. The van der Waals surface area contributed by atoms with Crippen LogP contribution in [0, 0.1) is 0 Å². The fourth-order valence-corrected chi connectivity index (χ4v) is 4.66. The summed E-state index contributed by atoms with van der Waals surface area (Å²) in [6.07, 6.45) is 3.78. The summed E-state index contributed by atoms with van der Waals surface area (Å²) >= 11 is 0. The quantitative estimate of drug-likeness (QED) is 0.547. The van der Waals surface area contributed by atoms with E-state index in [1.807, 2.05) is 0 Å². The molecule has 2 aromatic carbocycles. The summed E-state index contributed by atoms with van der Waals surface area (Å²) < 4.78 is 0. The van der Waals surface area contributed by atoms with E-state index in [0.29, 0.717) is 0 Å². The maximum atomic E-state index is 4.39. The van der Waals surface area contributed by atoms with Crippen LogP contribution in [0.2, 0.25) is 0 Å². The third kappa shape index (κ3) is 4.64. The van der Waals surface area contributed by atoms with Crippen LogP contribution in [0.1, 0.15) is 38.7 Å². The summed E-state index contributed by atoms with van der Waals surface area (Å²) in [6, 6.07) is 19.4. The summed E-state index contributed by atoms with van der Waals surface area (Å²) in [5.41, 5.74) is 2.36. The number of hydrogen-bond donors (Lipinski definition) is 0. The second kappa shape index (κ2) is 7.90. The maximum absolute atomic E-state index is 4.39. The Morgan fingerprint density at radius 2 is 1.54 bits per heavy atom. The molecule has 0 saturated carbocycles. The molecule has 1 heterocycles. The van der Waals surface area contributed by atoms with Gasteiger partial charge in [-0.3, -0.25) is 5.01 Å². The zero-order valence-electron chi connectivity index (χ0n) is 14.7. The minimum absolute atomic E-state index is 0.158. The first-order valence-electron chi connectivity index (χ1n) is 8.82.